The summed E-state index contributed by atoms with van der Waals surface area (Å²) in [4.78, 5) is 39.4. The van der Waals surface area contributed by atoms with E-state index in [1.54, 1.807) is 36.4 Å². The van der Waals surface area contributed by atoms with Gasteiger partial charge in [0.25, 0.3) is 11.8 Å². The lowest BCUT2D eigenvalue weighted by atomic mass is 9.49. The van der Waals surface area contributed by atoms with E-state index < -0.39 is 0 Å². The number of anilines is 1. The van der Waals surface area contributed by atoms with Gasteiger partial charge in [0.1, 0.15) is 0 Å². The van der Waals surface area contributed by atoms with E-state index in [1.165, 1.54) is 31.4 Å². The maximum Gasteiger partial charge on any atom is 0.285 e. The van der Waals surface area contributed by atoms with Crippen LogP contribution >= 0.6 is 24.0 Å². The van der Waals surface area contributed by atoms with Crippen molar-refractivity contribution in [3.05, 3.63) is 59.0 Å². The summed E-state index contributed by atoms with van der Waals surface area (Å²) in [6, 6.07) is 14.3. The number of hydrogen-bond donors (Lipinski definition) is 2. The van der Waals surface area contributed by atoms with Crippen LogP contribution in [0.2, 0.25) is 0 Å². The van der Waals surface area contributed by atoms with E-state index in [2.05, 4.69) is 10.7 Å². The minimum atomic E-state index is -0.372. The summed E-state index contributed by atoms with van der Waals surface area (Å²) in [6.45, 7) is -0.188. The molecule has 10 heteroatoms. The molecule has 4 saturated carbocycles. The second-order valence-electron chi connectivity index (χ2n) is 11.3. The van der Waals surface area contributed by atoms with Crippen LogP contribution < -0.4 is 20.2 Å². The molecule has 7 rings (SSSR count). The van der Waals surface area contributed by atoms with Gasteiger partial charge in [-0.1, -0.05) is 36.0 Å². The molecule has 0 radical (unpaired) electrons. The Morgan fingerprint density at radius 3 is 2.38 bits per heavy atom. The van der Waals surface area contributed by atoms with E-state index in [9.17, 15) is 14.4 Å². The Kier molecular flexibility index (Phi) is 7.31. The number of hydrazine groups is 1. The van der Waals surface area contributed by atoms with Crippen molar-refractivity contribution in [3.63, 3.8) is 0 Å². The predicted molar refractivity (Wildman–Crippen MR) is 157 cm³/mol. The number of ether oxygens (including phenoxy) is 2. The summed E-state index contributed by atoms with van der Waals surface area (Å²) in [5, 5.41) is 4.00. The minimum absolute atomic E-state index is 0.0661. The van der Waals surface area contributed by atoms with Crippen LogP contribution in [0.3, 0.4) is 0 Å². The van der Waals surface area contributed by atoms with Crippen LogP contribution in [0.25, 0.3) is 6.08 Å². The fraction of sp³-hybridized carbons (Fsp3) is 0.400. The van der Waals surface area contributed by atoms with E-state index in [4.69, 9.17) is 21.7 Å². The highest BCUT2D eigenvalue weighted by atomic mass is 32.2. The SMILES string of the molecule is COc1cc(/C=C2/SC(=S)N(NC(=O)C34CC5CC(CC(C5)C3)C4)C2=O)ccc1OCC(=O)Nc1ccccc1. The number of carbonyl (C=O) groups excluding carboxylic acids is 3. The van der Waals surface area contributed by atoms with Crippen molar-refractivity contribution in [2.24, 2.45) is 23.2 Å². The monoisotopic (exact) mass is 577 g/mol. The molecule has 2 N–H and O–H groups in total. The highest BCUT2D eigenvalue weighted by Gasteiger charge is 2.55. The molecule has 0 aromatic heterocycles. The maximum atomic E-state index is 13.5. The van der Waals surface area contributed by atoms with E-state index in [0.717, 1.165) is 31.0 Å². The van der Waals surface area contributed by atoms with Crippen LogP contribution in [0.15, 0.2) is 53.4 Å². The van der Waals surface area contributed by atoms with Crippen molar-refractivity contribution >= 4 is 57.8 Å². The van der Waals surface area contributed by atoms with Crippen molar-refractivity contribution in [1.29, 1.82) is 0 Å². The molecule has 4 aliphatic carbocycles. The summed E-state index contributed by atoms with van der Waals surface area (Å²) in [7, 11) is 1.51. The van der Waals surface area contributed by atoms with Crippen LogP contribution in [0.4, 0.5) is 5.69 Å². The average Bonchev–Trinajstić information content (AvgIpc) is 3.19. The Labute approximate surface area is 242 Å². The molecule has 0 spiro atoms. The average molecular weight is 578 g/mol. The molecule has 3 amide bonds. The fourth-order valence-corrected chi connectivity index (χ4v) is 8.26. The Morgan fingerprint density at radius 1 is 1.05 bits per heavy atom. The molecule has 5 fully saturated rings. The summed E-state index contributed by atoms with van der Waals surface area (Å²) in [6.07, 6.45) is 8.18. The third kappa shape index (κ3) is 5.34. The van der Waals surface area contributed by atoms with Gasteiger partial charge in [0.15, 0.2) is 22.4 Å². The van der Waals surface area contributed by atoms with E-state index in [1.807, 2.05) is 18.2 Å². The predicted octanol–water partition coefficient (Wildman–Crippen LogP) is 5.16. The second kappa shape index (κ2) is 10.9. The van der Waals surface area contributed by atoms with Gasteiger partial charge in [-0.15, -0.1) is 0 Å². The Hall–Kier alpha value is -3.37. The first-order chi connectivity index (χ1) is 19.3. The number of hydrogen-bond acceptors (Lipinski definition) is 7. The molecule has 2 aromatic rings. The van der Waals surface area contributed by atoms with Crippen molar-refractivity contribution in [2.45, 2.75) is 38.5 Å². The molecule has 2 aromatic carbocycles. The lowest BCUT2D eigenvalue weighted by molar-refractivity contribution is -0.152. The van der Waals surface area contributed by atoms with Crippen LogP contribution in [-0.2, 0) is 14.4 Å². The van der Waals surface area contributed by atoms with Crippen molar-refractivity contribution in [1.82, 2.24) is 10.4 Å². The number of methoxy groups -OCH3 is 1. The molecule has 0 unspecified atom stereocenters. The summed E-state index contributed by atoms with van der Waals surface area (Å²) >= 11 is 6.63. The lowest BCUT2D eigenvalue weighted by Crippen LogP contribution is -2.57. The molecule has 5 aliphatic rings. The summed E-state index contributed by atoms with van der Waals surface area (Å²) in [5.74, 6) is 2.00. The first kappa shape index (κ1) is 26.8. The molecule has 40 heavy (non-hydrogen) atoms. The number of amides is 3. The quantitative estimate of drug-likeness (QED) is 0.330. The number of rotatable bonds is 8. The number of carbonyl (C=O) groups is 3. The Morgan fingerprint density at radius 2 is 1.73 bits per heavy atom. The lowest BCUT2D eigenvalue weighted by Gasteiger charge is -2.55. The molecule has 208 valence electrons. The number of thiocarbonyl (C=S) groups is 1. The highest BCUT2D eigenvalue weighted by molar-refractivity contribution is 8.26. The zero-order chi connectivity index (χ0) is 27.9. The Bertz CT molecular complexity index is 1360. The van der Waals surface area contributed by atoms with Crippen LogP contribution in [0, 0.1) is 23.2 Å². The normalized spacial score (nSPS) is 27.7. The van der Waals surface area contributed by atoms with Gasteiger partial charge in [-0.3, -0.25) is 19.8 Å². The second-order valence-corrected chi connectivity index (χ2v) is 12.9. The Balaban J connectivity index is 1.10. The molecule has 8 nitrogen and oxygen atoms in total. The van der Waals surface area contributed by atoms with Crippen molar-refractivity contribution in [3.8, 4) is 11.5 Å². The van der Waals surface area contributed by atoms with E-state index in [0.29, 0.717) is 49.7 Å². The van der Waals surface area contributed by atoms with Gasteiger partial charge in [0.05, 0.1) is 17.4 Å². The van der Waals surface area contributed by atoms with Gasteiger partial charge in [0.2, 0.25) is 5.91 Å². The van der Waals surface area contributed by atoms with E-state index in [-0.39, 0.29) is 29.7 Å². The molecule has 1 aliphatic heterocycles. The summed E-state index contributed by atoms with van der Waals surface area (Å²) in [5.41, 5.74) is 3.90. The topological polar surface area (TPSA) is 97.0 Å². The third-order valence-corrected chi connectivity index (χ3v) is 9.73. The maximum absolute atomic E-state index is 13.5. The smallest absolute Gasteiger partial charge is 0.285 e. The first-order valence-corrected chi connectivity index (χ1v) is 14.8. The molecule has 4 bridgehead atoms. The number of nitrogens with zero attached hydrogens (tertiary/aromatic N) is 1. The molecular weight excluding hydrogens is 546 g/mol. The number of thioether (sulfide) groups is 1. The molecule has 1 heterocycles. The largest absolute Gasteiger partial charge is 0.493 e. The molecular formula is C30H31N3O5S2. The van der Waals surface area contributed by atoms with Gasteiger partial charge in [-0.05, 0) is 104 Å². The number of para-hydroxylation sites is 1. The standard InChI is InChI=1S/C30H31N3O5S2/c1-37-24-12-18(7-8-23(24)38-17-26(34)31-22-5-3-2-4-6-22)13-25-27(35)33(29(39)40-25)32-28(36)30-14-19-9-20(15-30)11-21(10-19)16-30/h2-8,12-13,19-21H,9-11,14-17H2,1H3,(H,31,34)(H,32,36)/b25-13+. The summed E-state index contributed by atoms with van der Waals surface area (Å²) < 4.78 is 11.5. The van der Waals surface area contributed by atoms with Gasteiger partial charge in [0, 0.05) is 5.69 Å². The van der Waals surface area contributed by atoms with Crippen LogP contribution in [-0.4, -0.2) is 40.8 Å². The van der Waals surface area contributed by atoms with Gasteiger partial charge >= 0.3 is 0 Å². The van der Waals surface area contributed by atoms with Crippen LogP contribution in [0.5, 0.6) is 11.5 Å². The zero-order valence-electron chi connectivity index (χ0n) is 22.2. The minimum Gasteiger partial charge on any atom is -0.493 e. The van der Waals surface area contributed by atoms with Gasteiger partial charge in [-0.25, -0.2) is 0 Å². The van der Waals surface area contributed by atoms with Crippen molar-refractivity contribution < 1.29 is 23.9 Å². The van der Waals surface area contributed by atoms with E-state index >= 15 is 0 Å². The fourth-order valence-electron chi connectivity index (χ4n) is 7.08. The zero-order valence-corrected chi connectivity index (χ0v) is 23.8. The van der Waals surface area contributed by atoms with Crippen molar-refractivity contribution in [2.75, 3.05) is 19.0 Å². The van der Waals surface area contributed by atoms with Gasteiger partial charge < -0.3 is 14.8 Å². The molecule has 1 saturated heterocycles. The number of benzene rings is 2. The van der Waals surface area contributed by atoms with Crippen LogP contribution in [0.1, 0.15) is 44.1 Å². The number of nitrogens with one attached hydrogen (secondary N) is 2. The van der Waals surface area contributed by atoms with Gasteiger partial charge in [-0.2, -0.15) is 5.01 Å². The molecule has 0 atom stereocenters. The highest BCUT2D eigenvalue weighted by Crippen LogP contribution is 2.60. The third-order valence-electron chi connectivity index (χ3n) is 8.43. The first-order valence-electron chi connectivity index (χ1n) is 13.6.